The number of rotatable bonds is 4. The number of aliphatic carboxylic acids is 1. The van der Waals surface area contributed by atoms with Crippen molar-refractivity contribution in [3.8, 4) is 0 Å². The smallest absolute Gasteiger partial charge is 0.550 e. The molecule has 0 spiro atoms. The maximum Gasteiger partial charge on any atom is 1.00 e. The van der Waals surface area contributed by atoms with E-state index in [1.807, 2.05) is 6.92 Å². The Morgan fingerprint density at radius 1 is 1.40 bits per heavy atom. The van der Waals surface area contributed by atoms with Gasteiger partial charge in [0.1, 0.15) is 5.78 Å². The normalized spacial score (nSPS) is 8.10. The van der Waals surface area contributed by atoms with Gasteiger partial charge >= 0.3 is 17.4 Å². The number of Topliss-reactive ketones (excluding diaryl/α,β-unsaturated/α-hetero) is 1. The fraction of sp³-hybridized carbons (Fsp3) is 0.667. The number of carboxylic acids is 1. The van der Waals surface area contributed by atoms with Gasteiger partial charge < -0.3 is 9.90 Å². The Bertz CT molecular complexity index is 122. The van der Waals surface area contributed by atoms with Gasteiger partial charge in [0.2, 0.25) is 0 Å². The van der Waals surface area contributed by atoms with E-state index in [2.05, 4.69) is 0 Å². The molecule has 2 radical (unpaired) electrons. The van der Waals surface area contributed by atoms with E-state index in [1.165, 1.54) is 0 Å². The monoisotopic (exact) mass is 156 g/mol. The van der Waals surface area contributed by atoms with Gasteiger partial charge in [0.05, 0.1) is 0 Å². The van der Waals surface area contributed by atoms with Gasteiger partial charge in [0.15, 0.2) is 0 Å². The summed E-state index contributed by atoms with van der Waals surface area (Å²) in [6.45, 7) is 1.83. The zero-order valence-electron chi connectivity index (χ0n) is 5.92. The quantitative estimate of drug-likeness (QED) is 0.392. The molecule has 0 aromatic heterocycles. The Hall–Kier alpha value is -0.328. The summed E-state index contributed by atoms with van der Waals surface area (Å²) in [5, 5.41) is 9.75. The molecule has 0 aromatic carbocycles. The maximum absolute atomic E-state index is 10.4. The summed E-state index contributed by atoms with van der Waals surface area (Å²) in [6, 6.07) is 0. The van der Waals surface area contributed by atoms with Gasteiger partial charge in [0.25, 0.3) is 0 Å². The molecule has 3 nitrogen and oxygen atoms in total. The summed E-state index contributed by atoms with van der Waals surface area (Å²) in [5.41, 5.74) is 0. The van der Waals surface area contributed by atoms with Crippen LogP contribution in [0.25, 0.3) is 0 Å². The first-order valence-corrected chi connectivity index (χ1v) is 2.88. The van der Waals surface area contributed by atoms with E-state index in [0.29, 0.717) is 12.8 Å². The third kappa shape index (κ3) is 7.67. The first-order valence-electron chi connectivity index (χ1n) is 2.88. The summed E-state index contributed by atoms with van der Waals surface area (Å²) in [6.07, 6.45) is 0.605. The van der Waals surface area contributed by atoms with Crippen molar-refractivity contribution < 1.29 is 14.7 Å². The van der Waals surface area contributed by atoms with Gasteiger partial charge in [-0.1, -0.05) is 6.92 Å². The predicted molar refractivity (Wildman–Crippen MR) is 35.3 cm³/mol. The molecule has 0 atom stereocenters. The van der Waals surface area contributed by atoms with Gasteiger partial charge in [-0.2, -0.15) is 0 Å². The molecule has 0 aliphatic carbocycles. The second kappa shape index (κ2) is 6.79. The van der Waals surface area contributed by atoms with Crippen molar-refractivity contribution >= 4 is 29.1 Å². The average Bonchev–Trinajstić information content (AvgIpc) is 1.63. The Labute approximate surface area is 70.6 Å². The van der Waals surface area contributed by atoms with Crippen molar-refractivity contribution in [2.24, 2.45) is 0 Å². The van der Waals surface area contributed by atoms with E-state index in [-0.39, 0.29) is 23.1 Å². The summed E-state index contributed by atoms with van der Waals surface area (Å²) in [5.74, 6) is -1.54. The van der Waals surface area contributed by atoms with E-state index in [4.69, 9.17) is 0 Å². The number of carbonyl (C=O) groups excluding carboxylic acids is 2. The summed E-state index contributed by atoms with van der Waals surface area (Å²) in [4.78, 5) is 20.2. The molecular weight excluding hydrogens is 147 g/mol. The SMILES string of the molecule is CCCC(=O)CC(=O)[O-].[Al+]. The zero-order chi connectivity index (χ0) is 7.28. The number of carboxylic acid groups (broad SMARTS) is 1. The third-order valence-corrected chi connectivity index (χ3v) is 0.870. The van der Waals surface area contributed by atoms with E-state index < -0.39 is 12.4 Å². The van der Waals surface area contributed by atoms with Gasteiger partial charge in [-0.05, 0) is 6.42 Å². The molecule has 10 heavy (non-hydrogen) atoms. The van der Waals surface area contributed by atoms with Crippen molar-refractivity contribution in [2.45, 2.75) is 26.2 Å². The molecule has 0 unspecified atom stereocenters. The van der Waals surface area contributed by atoms with Crippen molar-refractivity contribution in [3.05, 3.63) is 0 Å². The molecule has 0 aliphatic heterocycles. The van der Waals surface area contributed by atoms with Crippen molar-refractivity contribution in [1.82, 2.24) is 0 Å². The van der Waals surface area contributed by atoms with Gasteiger partial charge in [-0.25, -0.2) is 0 Å². The van der Waals surface area contributed by atoms with E-state index in [1.54, 1.807) is 0 Å². The number of hydrogen-bond acceptors (Lipinski definition) is 3. The van der Waals surface area contributed by atoms with Crippen LogP contribution in [0.4, 0.5) is 0 Å². The van der Waals surface area contributed by atoms with Crippen LogP contribution in [0.15, 0.2) is 0 Å². The molecule has 0 aliphatic rings. The standard InChI is InChI=1S/C6H10O3.Al/c1-2-3-5(7)4-6(8)9;/h2-4H2,1H3,(H,8,9);/q;+1/p-1. The molecule has 0 rings (SSSR count). The molecular formula is C6H9AlO3. The third-order valence-electron chi connectivity index (χ3n) is 0.870. The van der Waals surface area contributed by atoms with Gasteiger partial charge in [-0.15, -0.1) is 0 Å². The fourth-order valence-corrected chi connectivity index (χ4v) is 0.528. The summed E-state index contributed by atoms with van der Waals surface area (Å²) >= 11 is 0. The average molecular weight is 156 g/mol. The minimum Gasteiger partial charge on any atom is -0.550 e. The Balaban J connectivity index is 0. The minimum absolute atomic E-state index is 0. The van der Waals surface area contributed by atoms with Crippen molar-refractivity contribution in [1.29, 1.82) is 0 Å². The molecule has 54 valence electrons. The predicted octanol–water partition coefficient (Wildman–Crippen LogP) is -0.885. The maximum atomic E-state index is 10.4. The van der Waals surface area contributed by atoms with Crippen LogP contribution >= 0.6 is 0 Å². The molecule has 0 heterocycles. The fourth-order valence-electron chi connectivity index (χ4n) is 0.528. The molecule has 0 amide bonds. The Morgan fingerprint density at radius 2 is 1.90 bits per heavy atom. The summed E-state index contributed by atoms with van der Waals surface area (Å²) < 4.78 is 0. The van der Waals surface area contributed by atoms with Crippen LogP contribution in [0.3, 0.4) is 0 Å². The molecule has 0 N–H and O–H groups in total. The van der Waals surface area contributed by atoms with Crippen LogP contribution < -0.4 is 5.11 Å². The first-order chi connectivity index (χ1) is 4.16. The van der Waals surface area contributed by atoms with Crippen LogP contribution in [0.2, 0.25) is 0 Å². The minimum atomic E-state index is -1.28. The molecule has 4 heteroatoms. The van der Waals surface area contributed by atoms with Crippen LogP contribution in [0.1, 0.15) is 26.2 Å². The van der Waals surface area contributed by atoms with E-state index >= 15 is 0 Å². The van der Waals surface area contributed by atoms with E-state index in [9.17, 15) is 14.7 Å². The number of carbonyl (C=O) groups is 2. The molecule has 0 aromatic rings. The number of hydrogen-bond donors (Lipinski definition) is 0. The molecule has 0 fully saturated rings. The summed E-state index contributed by atoms with van der Waals surface area (Å²) in [7, 11) is 0. The number of ketones is 1. The zero-order valence-corrected chi connectivity index (χ0v) is 7.08. The van der Waals surface area contributed by atoms with Gasteiger partial charge in [-0.3, -0.25) is 4.79 Å². The van der Waals surface area contributed by atoms with Gasteiger partial charge in [0, 0.05) is 18.8 Å². The second-order valence-electron chi connectivity index (χ2n) is 1.84. The molecule has 0 bridgehead atoms. The molecule has 0 saturated heterocycles. The van der Waals surface area contributed by atoms with Crippen LogP contribution in [0, 0.1) is 0 Å². The second-order valence-corrected chi connectivity index (χ2v) is 1.84. The van der Waals surface area contributed by atoms with Crippen molar-refractivity contribution in [3.63, 3.8) is 0 Å². The van der Waals surface area contributed by atoms with Crippen LogP contribution in [-0.2, 0) is 9.59 Å². The van der Waals surface area contributed by atoms with Crippen LogP contribution in [-0.4, -0.2) is 29.1 Å². The Kier molecular flexibility index (Phi) is 8.39. The molecule has 0 saturated carbocycles. The van der Waals surface area contributed by atoms with Crippen molar-refractivity contribution in [2.75, 3.05) is 0 Å². The topological polar surface area (TPSA) is 57.2 Å². The van der Waals surface area contributed by atoms with Crippen LogP contribution in [0.5, 0.6) is 0 Å². The largest absolute Gasteiger partial charge is 1.00 e. The van der Waals surface area contributed by atoms with E-state index in [0.717, 1.165) is 0 Å². The first kappa shape index (κ1) is 12.4. The Morgan fingerprint density at radius 3 is 2.20 bits per heavy atom.